The number of anilines is 1. The van der Waals surface area contributed by atoms with Crippen molar-refractivity contribution in [3.05, 3.63) is 29.8 Å². The fourth-order valence-electron chi connectivity index (χ4n) is 1.98. The molecule has 4 nitrogen and oxygen atoms in total. The van der Waals surface area contributed by atoms with Crippen LogP contribution in [0.5, 0.6) is 0 Å². The van der Waals surface area contributed by atoms with Crippen LogP contribution in [0.15, 0.2) is 24.3 Å². The molecule has 1 aromatic carbocycles. The Morgan fingerprint density at radius 1 is 1.29 bits per heavy atom. The zero-order valence-corrected chi connectivity index (χ0v) is 10.7. The van der Waals surface area contributed by atoms with E-state index in [0.29, 0.717) is 5.56 Å². The molecule has 0 aromatic heterocycles. The number of rotatable bonds is 0. The first-order valence-corrected chi connectivity index (χ1v) is 5.74. The third-order valence-corrected chi connectivity index (χ3v) is 3.70. The molecule has 0 saturated carbocycles. The van der Waals surface area contributed by atoms with E-state index in [9.17, 15) is 4.79 Å². The lowest BCUT2D eigenvalue weighted by atomic mass is 9.79. The summed E-state index contributed by atoms with van der Waals surface area (Å²) >= 11 is 0. The molecule has 3 N–H and O–H groups in total. The van der Waals surface area contributed by atoms with Crippen LogP contribution in [0.3, 0.4) is 0 Å². The highest BCUT2D eigenvalue weighted by molar-refractivity contribution is 6.01. The van der Waals surface area contributed by atoms with E-state index in [0.717, 1.165) is 5.69 Å². The maximum Gasteiger partial charge on any atom is 0.272 e. The van der Waals surface area contributed by atoms with Gasteiger partial charge in [-0.3, -0.25) is 9.80 Å². The van der Waals surface area contributed by atoms with E-state index in [1.807, 2.05) is 25.1 Å². The summed E-state index contributed by atoms with van der Waals surface area (Å²) in [7, 11) is 0. The minimum Gasteiger partial charge on any atom is -0.361 e. The number of carbonyl (C=O) groups is 1. The van der Waals surface area contributed by atoms with Crippen molar-refractivity contribution in [2.75, 3.05) is 5.32 Å². The van der Waals surface area contributed by atoms with Gasteiger partial charge < -0.3 is 5.32 Å². The standard InChI is InChI=1S/C13H19N3O/c1-12(2,3)13(4)15-10-8-6-5-7-9(10)11(17)16(13)14/h5-8,15H,14H2,1-4H3. The van der Waals surface area contributed by atoms with Crippen LogP contribution < -0.4 is 11.2 Å². The number of hydrogen-bond donors (Lipinski definition) is 2. The van der Waals surface area contributed by atoms with Gasteiger partial charge in [0.15, 0.2) is 0 Å². The first-order valence-electron chi connectivity index (χ1n) is 5.74. The Labute approximate surface area is 102 Å². The molecule has 2 rings (SSSR count). The minimum absolute atomic E-state index is 0.142. The smallest absolute Gasteiger partial charge is 0.272 e. The van der Waals surface area contributed by atoms with Gasteiger partial charge in [0.25, 0.3) is 5.91 Å². The van der Waals surface area contributed by atoms with Gasteiger partial charge in [-0.1, -0.05) is 32.9 Å². The molecule has 92 valence electrons. The van der Waals surface area contributed by atoms with Gasteiger partial charge in [0.1, 0.15) is 5.66 Å². The highest BCUT2D eigenvalue weighted by atomic mass is 16.2. The molecule has 1 aliphatic heterocycles. The lowest BCUT2D eigenvalue weighted by molar-refractivity contribution is 0.0194. The van der Waals surface area contributed by atoms with Crippen molar-refractivity contribution in [2.24, 2.45) is 11.3 Å². The van der Waals surface area contributed by atoms with Crippen molar-refractivity contribution < 1.29 is 4.79 Å². The normalized spacial score (nSPS) is 24.3. The summed E-state index contributed by atoms with van der Waals surface area (Å²) < 4.78 is 0. The Bertz CT molecular complexity index is 464. The fraction of sp³-hybridized carbons (Fsp3) is 0.462. The third-order valence-electron chi connectivity index (χ3n) is 3.70. The molecule has 0 radical (unpaired) electrons. The molecule has 0 aliphatic carbocycles. The fourth-order valence-corrected chi connectivity index (χ4v) is 1.98. The van der Waals surface area contributed by atoms with Crippen LogP contribution in [-0.2, 0) is 0 Å². The van der Waals surface area contributed by atoms with Crippen molar-refractivity contribution >= 4 is 11.6 Å². The Morgan fingerprint density at radius 3 is 2.47 bits per heavy atom. The van der Waals surface area contributed by atoms with Crippen LogP contribution in [0.4, 0.5) is 5.69 Å². The van der Waals surface area contributed by atoms with Crippen molar-refractivity contribution in [1.82, 2.24) is 5.01 Å². The molecule has 1 unspecified atom stereocenters. The number of hydrogen-bond acceptors (Lipinski definition) is 3. The van der Waals surface area contributed by atoms with E-state index in [2.05, 4.69) is 26.1 Å². The first kappa shape index (κ1) is 11.9. The Morgan fingerprint density at radius 2 is 1.88 bits per heavy atom. The lowest BCUT2D eigenvalue weighted by Crippen LogP contribution is -2.67. The zero-order chi connectivity index (χ0) is 12.8. The highest BCUT2D eigenvalue weighted by Crippen LogP contribution is 2.39. The zero-order valence-electron chi connectivity index (χ0n) is 10.7. The van der Waals surface area contributed by atoms with E-state index < -0.39 is 5.66 Å². The molecule has 4 heteroatoms. The van der Waals surface area contributed by atoms with E-state index in [1.54, 1.807) is 6.07 Å². The molecule has 17 heavy (non-hydrogen) atoms. The quantitative estimate of drug-likeness (QED) is 0.533. The second kappa shape index (κ2) is 3.47. The Hall–Kier alpha value is -1.55. The second-order valence-electron chi connectivity index (χ2n) is 5.67. The van der Waals surface area contributed by atoms with Crippen LogP contribution >= 0.6 is 0 Å². The van der Waals surface area contributed by atoms with Gasteiger partial charge in [0.05, 0.1) is 5.56 Å². The number of benzene rings is 1. The van der Waals surface area contributed by atoms with Crippen LogP contribution in [0.25, 0.3) is 0 Å². The van der Waals surface area contributed by atoms with Gasteiger partial charge in [-0.15, -0.1) is 0 Å². The third kappa shape index (κ3) is 1.60. The topological polar surface area (TPSA) is 58.4 Å². The first-order chi connectivity index (χ1) is 7.77. The largest absolute Gasteiger partial charge is 0.361 e. The summed E-state index contributed by atoms with van der Waals surface area (Å²) in [5.41, 5.74) is 0.692. The van der Waals surface area contributed by atoms with E-state index in [4.69, 9.17) is 5.84 Å². The number of nitrogens with two attached hydrogens (primary N) is 1. The number of para-hydroxylation sites is 1. The van der Waals surface area contributed by atoms with Gasteiger partial charge in [-0.25, -0.2) is 5.84 Å². The van der Waals surface area contributed by atoms with E-state index >= 15 is 0 Å². The summed E-state index contributed by atoms with van der Waals surface area (Å²) in [5, 5.41) is 4.67. The molecule has 0 fully saturated rings. The van der Waals surface area contributed by atoms with Gasteiger partial charge in [-0.2, -0.15) is 0 Å². The summed E-state index contributed by atoms with van der Waals surface area (Å²) in [6, 6.07) is 7.44. The number of amides is 1. The van der Waals surface area contributed by atoms with Crippen LogP contribution in [0.1, 0.15) is 38.1 Å². The number of nitrogens with one attached hydrogen (secondary N) is 1. The molecule has 0 bridgehead atoms. The molecule has 1 amide bonds. The van der Waals surface area contributed by atoms with E-state index in [1.165, 1.54) is 5.01 Å². The van der Waals surface area contributed by atoms with Crippen LogP contribution in [-0.4, -0.2) is 16.6 Å². The van der Waals surface area contributed by atoms with Crippen molar-refractivity contribution in [2.45, 2.75) is 33.4 Å². The average molecular weight is 233 g/mol. The number of nitrogens with zero attached hydrogens (tertiary/aromatic N) is 1. The second-order valence-corrected chi connectivity index (χ2v) is 5.67. The molecular formula is C13H19N3O. The minimum atomic E-state index is -0.599. The van der Waals surface area contributed by atoms with Gasteiger partial charge >= 0.3 is 0 Å². The number of carbonyl (C=O) groups excluding carboxylic acids is 1. The highest BCUT2D eigenvalue weighted by Gasteiger charge is 2.47. The molecule has 0 spiro atoms. The van der Waals surface area contributed by atoms with Crippen molar-refractivity contribution in [3.63, 3.8) is 0 Å². The predicted octanol–water partition coefficient (Wildman–Crippen LogP) is 2.19. The SMILES string of the molecule is CC(C)(C)C1(C)Nc2ccccc2C(=O)N1N. The molecule has 1 atom stereocenters. The van der Waals surface area contributed by atoms with Crippen molar-refractivity contribution in [1.29, 1.82) is 0 Å². The number of fused-ring (bicyclic) bond motifs is 1. The van der Waals surface area contributed by atoms with E-state index in [-0.39, 0.29) is 11.3 Å². The molecule has 1 aliphatic rings. The van der Waals surface area contributed by atoms with Gasteiger partial charge in [-0.05, 0) is 19.1 Å². The van der Waals surface area contributed by atoms with Crippen molar-refractivity contribution in [3.8, 4) is 0 Å². The summed E-state index contributed by atoms with van der Waals surface area (Å²) in [6.45, 7) is 8.12. The van der Waals surface area contributed by atoms with Gasteiger partial charge in [0, 0.05) is 11.1 Å². The average Bonchev–Trinajstić information content (AvgIpc) is 2.25. The maximum atomic E-state index is 12.2. The monoisotopic (exact) mass is 233 g/mol. The molecule has 0 saturated heterocycles. The summed E-state index contributed by atoms with van der Waals surface area (Å²) in [5.74, 6) is 5.84. The van der Waals surface area contributed by atoms with Crippen LogP contribution in [0, 0.1) is 5.41 Å². The molecule has 1 aromatic rings. The van der Waals surface area contributed by atoms with Crippen LogP contribution in [0.2, 0.25) is 0 Å². The number of hydrazine groups is 1. The Kier molecular flexibility index (Phi) is 2.43. The molecular weight excluding hydrogens is 214 g/mol. The molecule has 1 heterocycles. The summed E-state index contributed by atoms with van der Waals surface area (Å²) in [4.78, 5) is 12.2. The predicted molar refractivity (Wildman–Crippen MR) is 68.3 cm³/mol. The lowest BCUT2D eigenvalue weighted by Gasteiger charge is -2.51. The van der Waals surface area contributed by atoms with Gasteiger partial charge in [0.2, 0.25) is 0 Å². The summed E-state index contributed by atoms with van der Waals surface area (Å²) in [6.07, 6.45) is 0. The maximum absolute atomic E-state index is 12.2. The Balaban J connectivity index is 2.55.